The van der Waals surface area contributed by atoms with E-state index in [-0.39, 0.29) is 5.91 Å². The zero-order chi connectivity index (χ0) is 15.2. The summed E-state index contributed by atoms with van der Waals surface area (Å²) < 4.78 is 5.30. The van der Waals surface area contributed by atoms with Gasteiger partial charge in [-0.1, -0.05) is 0 Å². The SMILES string of the molecule is CCOc1ccc(C(=O)C(C#N)C(=O)N2CCCC2)cc1. The highest BCUT2D eigenvalue weighted by atomic mass is 16.5. The van der Waals surface area contributed by atoms with Gasteiger partial charge in [0, 0.05) is 18.7 Å². The van der Waals surface area contributed by atoms with Gasteiger partial charge < -0.3 is 9.64 Å². The first-order valence-electron chi connectivity index (χ1n) is 7.13. The zero-order valence-corrected chi connectivity index (χ0v) is 12.0. The van der Waals surface area contributed by atoms with Crippen LogP contribution in [0.25, 0.3) is 0 Å². The van der Waals surface area contributed by atoms with Crippen LogP contribution in [0.15, 0.2) is 24.3 Å². The maximum atomic E-state index is 12.3. The van der Waals surface area contributed by atoms with Gasteiger partial charge in [-0.05, 0) is 44.0 Å². The molecule has 1 heterocycles. The van der Waals surface area contributed by atoms with Crippen molar-refractivity contribution in [1.82, 2.24) is 4.90 Å². The molecule has 1 unspecified atom stereocenters. The Kier molecular flexibility index (Phi) is 4.94. The Morgan fingerprint density at radius 3 is 2.43 bits per heavy atom. The van der Waals surface area contributed by atoms with E-state index < -0.39 is 11.7 Å². The summed E-state index contributed by atoms with van der Waals surface area (Å²) in [6.45, 7) is 3.68. The second-order valence-electron chi connectivity index (χ2n) is 4.92. The number of ketones is 1. The second kappa shape index (κ2) is 6.89. The third kappa shape index (κ3) is 3.40. The van der Waals surface area contributed by atoms with Crippen molar-refractivity contribution < 1.29 is 14.3 Å². The number of likely N-dealkylation sites (tertiary alicyclic amines) is 1. The van der Waals surface area contributed by atoms with E-state index in [0.29, 0.717) is 31.0 Å². The van der Waals surface area contributed by atoms with Crippen LogP contribution in [0.5, 0.6) is 5.75 Å². The lowest BCUT2D eigenvalue weighted by Gasteiger charge is -2.18. The molecule has 0 N–H and O–H groups in total. The molecule has 5 nitrogen and oxygen atoms in total. The fraction of sp³-hybridized carbons (Fsp3) is 0.438. The van der Waals surface area contributed by atoms with Crippen molar-refractivity contribution in [2.75, 3.05) is 19.7 Å². The van der Waals surface area contributed by atoms with Crippen molar-refractivity contribution in [2.24, 2.45) is 5.92 Å². The van der Waals surface area contributed by atoms with Crippen LogP contribution in [-0.4, -0.2) is 36.3 Å². The minimum absolute atomic E-state index is 0.359. The molecule has 0 spiro atoms. The Labute approximate surface area is 124 Å². The van der Waals surface area contributed by atoms with Gasteiger partial charge in [-0.2, -0.15) is 5.26 Å². The molecule has 21 heavy (non-hydrogen) atoms. The molecule has 1 aliphatic heterocycles. The predicted octanol–water partition coefficient (Wildman–Crippen LogP) is 2.03. The van der Waals surface area contributed by atoms with Gasteiger partial charge >= 0.3 is 0 Å². The Morgan fingerprint density at radius 1 is 1.29 bits per heavy atom. The van der Waals surface area contributed by atoms with Crippen LogP contribution in [0.1, 0.15) is 30.1 Å². The Bertz CT molecular complexity index is 554. The molecule has 0 aromatic heterocycles. The molecule has 1 amide bonds. The summed E-state index contributed by atoms with van der Waals surface area (Å²) in [7, 11) is 0. The molecule has 110 valence electrons. The summed E-state index contributed by atoms with van der Waals surface area (Å²) in [4.78, 5) is 26.1. The fourth-order valence-corrected chi connectivity index (χ4v) is 2.39. The lowest BCUT2D eigenvalue weighted by atomic mass is 9.97. The Balaban J connectivity index is 2.12. The largest absolute Gasteiger partial charge is 0.494 e. The fourth-order valence-electron chi connectivity index (χ4n) is 2.39. The number of rotatable bonds is 5. The third-order valence-corrected chi connectivity index (χ3v) is 3.51. The van der Waals surface area contributed by atoms with Crippen LogP contribution in [0.3, 0.4) is 0 Å². The number of nitrogens with zero attached hydrogens (tertiary/aromatic N) is 2. The molecule has 1 saturated heterocycles. The smallest absolute Gasteiger partial charge is 0.247 e. The van der Waals surface area contributed by atoms with Gasteiger partial charge in [-0.15, -0.1) is 0 Å². The summed E-state index contributed by atoms with van der Waals surface area (Å²) in [6, 6.07) is 8.37. The van der Waals surface area contributed by atoms with E-state index in [4.69, 9.17) is 4.74 Å². The van der Waals surface area contributed by atoms with Gasteiger partial charge in [0.15, 0.2) is 11.7 Å². The van der Waals surface area contributed by atoms with Crippen LogP contribution in [0.2, 0.25) is 0 Å². The Hall–Kier alpha value is -2.35. The predicted molar refractivity (Wildman–Crippen MR) is 76.9 cm³/mol. The number of benzene rings is 1. The van der Waals surface area contributed by atoms with Crippen molar-refractivity contribution >= 4 is 11.7 Å². The molecular weight excluding hydrogens is 268 g/mol. The third-order valence-electron chi connectivity index (χ3n) is 3.51. The number of nitriles is 1. The number of hydrogen-bond donors (Lipinski definition) is 0. The quantitative estimate of drug-likeness (QED) is 0.613. The zero-order valence-electron chi connectivity index (χ0n) is 12.0. The molecular formula is C16H18N2O3. The number of hydrogen-bond acceptors (Lipinski definition) is 4. The van der Waals surface area contributed by atoms with Crippen LogP contribution in [-0.2, 0) is 4.79 Å². The molecule has 5 heteroatoms. The minimum atomic E-state index is -1.25. The number of ether oxygens (including phenoxy) is 1. The van der Waals surface area contributed by atoms with Crippen LogP contribution in [0.4, 0.5) is 0 Å². The molecule has 0 saturated carbocycles. The van der Waals surface area contributed by atoms with Crippen LogP contribution >= 0.6 is 0 Å². The first-order valence-corrected chi connectivity index (χ1v) is 7.13. The monoisotopic (exact) mass is 286 g/mol. The van der Waals surface area contributed by atoms with Gasteiger partial charge in [0.1, 0.15) is 5.75 Å². The molecule has 1 fully saturated rings. The van der Waals surface area contributed by atoms with E-state index in [2.05, 4.69) is 0 Å². The van der Waals surface area contributed by atoms with Gasteiger partial charge in [-0.3, -0.25) is 9.59 Å². The first kappa shape index (κ1) is 15.0. The average Bonchev–Trinajstić information content (AvgIpc) is 3.03. The summed E-state index contributed by atoms with van der Waals surface area (Å²) >= 11 is 0. The molecule has 1 aliphatic rings. The molecule has 0 aliphatic carbocycles. The average molecular weight is 286 g/mol. The van der Waals surface area contributed by atoms with Crippen molar-refractivity contribution in [1.29, 1.82) is 5.26 Å². The second-order valence-corrected chi connectivity index (χ2v) is 4.92. The van der Waals surface area contributed by atoms with Gasteiger partial charge in [0.25, 0.3) is 0 Å². The lowest BCUT2D eigenvalue weighted by molar-refractivity contribution is -0.131. The van der Waals surface area contributed by atoms with Crippen molar-refractivity contribution in [3.63, 3.8) is 0 Å². The maximum Gasteiger partial charge on any atom is 0.247 e. The van der Waals surface area contributed by atoms with Gasteiger partial charge in [-0.25, -0.2) is 0 Å². The number of Topliss-reactive ketones (excluding diaryl/α,β-unsaturated/α-hetero) is 1. The van der Waals surface area contributed by atoms with Crippen LogP contribution in [0, 0.1) is 17.2 Å². The van der Waals surface area contributed by atoms with E-state index in [1.807, 2.05) is 13.0 Å². The summed E-state index contributed by atoms with van der Waals surface area (Å²) in [5.74, 6) is -1.42. The van der Waals surface area contributed by atoms with E-state index in [0.717, 1.165) is 12.8 Å². The van der Waals surface area contributed by atoms with E-state index >= 15 is 0 Å². The van der Waals surface area contributed by atoms with Crippen molar-refractivity contribution in [2.45, 2.75) is 19.8 Å². The molecule has 0 radical (unpaired) electrons. The highest BCUT2D eigenvalue weighted by Crippen LogP contribution is 2.18. The highest BCUT2D eigenvalue weighted by Gasteiger charge is 2.32. The first-order chi connectivity index (χ1) is 10.2. The van der Waals surface area contributed by atoms with Gasteiger partial charge in [0.05, 0.1) is 12.7 Å². The number of amides is 1. The summed E-state index contributed by atoms with van der Waals surface area (Å²) in [5, 5.41) is 9.18. The van der Waals surface area contributed by atoms with Gasteiger partial charge in [0.2, 0.25) is 5.91 Å². The van der Waals surface area contributed by atoms with E-state index in [1.54, 1.807) is 29.2 Å². The molecule has 1 atom stereocenters. The normalized spacial score (nSPS) is 15.3. The van der Waals surface area contributed by atoms with E-state index in [1.165, 1.54) is 0 Å². The summed E-state index contributed by atoms with van der Waals surface area (Å²) in [5.41, 5.74) is 0.359. The van der Waals surface area contributed by atoms with Crippen molar-refractivity contribution in [3.8, 4) is 11.8 Å². The Morgan fingerprint density at radius 2 is 1.90 bits per heavy atom. The highest BCUT2D eigenvalue weighted by molar-refractivity contribution is 6.12. The lowest BCUT2D eigenvalue weighted by Crippen LogP contribution is -2.37. The maximum absolute atomic E-state index is 12.3. The minimum Gasteiger partial charge on any atom is -0.494 e. The topological polar surface area (TPSA) is 70.4 Å². The molecule has 0 bridgehead atoms. The number of carbonyl (C=O) groups excluding carboxylic acids is 2. The molecule has 1 aromatic rings. The van der Waals surface area contributed by atoms with E-state index in [9.17, 15) is 14.9 Å². The van der Waals surface area contributed by atoms with Crippen LogP contribution < -0.4 is 4.74 Å². The standard InChI is InChI=1S/C16H18N2O3/c1-2-21-13-7-5-12(6-8-13)15(19)14(11-17)16(20)18-9-3-4-10-18/h5-8,14H,2-4,9-10H2,1H3. The molecule has 2 rings (SSSR count). The summed E-state index contributed by atoms with van der Waals surface area (Å²) in [6.07, 6.45) is 1.86. The number of carbonyl (C=O) groups is 2. The molecule has 1 aromatic carbocycles. The van der Waals surface area contributed by atoms with Crippen molar-refractivity contribution in [3.05, 3.63) is 29.8 Å².